The smallest absolute Gasteiger partial charge is 0.271 e. The number of benzene rings is 1. The number of nitrogens with zero attached hydrogens (tertiary/aromatic N) is 2. The van der Waals surface area contributed by atoms with Crippen LogP contribution in [0, 0.1) is 0 Å². The third-order valence-electron chi connectivity index (χ3n) is 2.30. The van der Waals surface area contributed by atoms with Crippen LogP contribution < -0.4 is 5.56 Å². The molecule has 82 valence electrons. The highest BCUT2D eigenvalue weighted by atomic mass is 16.3. The van der Waals surface area contributed by atoms with Crippen molar-refractivity contribution in [3.05, 3.63) is 58.5 Å². The van der Waals surface area contributed by atoms with E-state index in [9.17, 15) is 9.90 Å². The standard InChI is InChI=1S/C12H12N2O2/c1-9(15)10-7-12(16)14(13-8-10)11-5-3-2-4-6-11/h2-9,15H,1H3. The minimum atomic E-state index is -0.675. The highest BCUT2D eigenvalue weighted by Gasteiger charge is 2.05. The average molecular weight is 216 g/mol. The van der Waals surface area contributed by atoms with Crippen molar-refractivity contribution in [2.75, 3.05) is 0 Å². The van der Waals surface area contributed by atoms with Crippen LogP contribution in [-0.2, 0) is 0 Å². The Bertz CT molecular complexity index is 532. The van der Waals surface area contributed by atoms with E-state index in [0.29, 0.717) is 11.3 Å². The third-order valence-corrected chi connectivity index (χ3v) is 2.30. The summed E-state index contributed by atoms with van der Waals surface area (Å²) in [5.74, 6) is 0. The summed E-state index contributed by atoms with van der Waals surface area (Å²) in [4.78, 5) is 11.7. The summed E-state index contributed by atoms with van der Waals surface area (Å²) in [6.45, 7) is 1.60. The summed E-state index contributed by atoms with van der Waals surface area (Å²) in [6, 6.07) is 10.5. The molecular weight excluding hydrogens is 204 g/mol. The molecule has 0 amide bonds. The first-order valence-corrected chi connectivity index (χ1v) is 5.01. The zero-order valence-electron chi connectivity index (χ0n) is 8.87. The molecule has 2 rings (SSSR count). The van der Waals surface area contributed by atoms with E-state index in [2.05, 4.69) is 5.10 Å². The predicted octanol–water partition coefficient (Wildman–Crippen LogP) is 1.29. The van der Waals surface area contributed by atoms with Crippen molar-refractivity contribution in [2.45, 2.75) is 13.0 Å². The Balaban J connectivity index is 2.49. The highest BCUT2D eigenvalue weighted by molar-refractivity contribution is 5.30. The summed E-state index contributed by atoms with van der Waals surface area (Å²) in [6.07, 6.45) is 0.824. The molecule has 4 nitrogen and oxygen atoms in total. The lowest BCUT2D eigenvalue weighted by molar-refractivity contribution is 0.198. The van der Waals surface area contributed by atoms with Crippen LogP contribution in [0.1, 0.15) is 18.6 Å². The van der Waals surface area contributed by atoms with Crippen LogP contribution in [0.2, 0.25) is 0 Å². The molecule has 0 aliphatic heterocycles. The van der Waals surface area contributed by atoms with Crippen LogP contribution in [-0.4, -0.2) is 14.9 Å². The predicted molar refractivity (Wildman–Crippen MR) is 60.5 cm³/mol. The fourth-order valence-electron chi connectivity index (χ4n) is 1.41. The maximum atomic E-state index is 11.7. The highest BCUT2D eigenvalue weighted by Crippen LogP contribution is 2.08. The summed E-state index contributed by atoms with van der Waals surface area (Å²) in [7, 11) is 0. The molecule has 16 heavy (non-hydrogen) atoms. The average Bonchev–Trinajstić information content (AvgIpc) is 2.30. The van der Waals surface area contributed by atoms with Crippen LogP contribution in [0.4, 0.5) is 0 Å². The van der Waals surface area contributed by atoms with E-state index >= 15 is 0 Å². The van der Waals surface area contributed by atoms with Crippen molar-refractivity contribution in [2.24, 2.45) is 0 Å². The van der Waals surface area contributed by atoms with E-state index < -0.39 is 6.10 Å². The Hall–Kier alpha value is -1.94. The quantitative estimate of drug-likeness (QED) is 0.822. The number of aliphatic hydroxyl groups excluding tert-OH is 1. The first-order chi connectivity index (χ1) is 7.68. The van der Waals surface area contributed by atoms with Gasteiger partial charge in [-0.2, -0.15) is 9.78 Å². The van der Waals surface area contributed by atoms with Gasteiger partial charge in [0.25, 0.3) is 5.56 Å². The Morgan fingerprint density at radius 1 is 1.31 bits per heavy atom. The molecule has 1 unspecified atom stereocenters. The molecule has 4 heteroatoms. The molecular formula is C12H12N2O2. The number of hydrogen-bond donors (Lipinski definition) is 1. The van der Waals surface area contributed by atoms with Gasteiger partial charge in [-0.1, -0.05) is 18.2 Å². The van der Waals surface area contributed by atoms with Gasteiger partial charge in [0.1, 0.15) is 0 Å². The van der Waals surface area contributed by atoms with E-state index in [1.54, 1.807) is 19.1 Å². The molecule has 0 spiro atoms. The first-order valence-electron chi connectivity index (χ1n) is 5.01. The number of para-hydroxylation sites is 1. The minimum absolute atomic E-state index is 0.246. The maximum Gasteiger partial charge on any atom is 0.271 e. The molecule has 2 aromatic rings. The Kier molecular flexibility index (Phi) is 2.83. The number of aliphatic hydroxyl groups is 1. The Labute approximate surface area is 92.8 Å². The fourth-order valence-corrected chi connectivity index (χ4v) is 1.41. The second kappa shape index (κ2) is 4.28. The van der Waals surface area contributed by atoms with Crippen LogP contribution in [0.5, 0.6) is 0 Å². The summed E-state index contributed by atoms with van der Waals surface area (Å²) < 4.78 is 1.30. The molecule has 0 aliphatic carbocycles. The monoisotopic (exact) mass is 216 g/mol. The normalized spacial score (nSPS) is 12.4. The zero-order valence-corrected chi connectivity index (χ0v) is 8.87. The van der Waals surface area contributed by atoms with E-state index in [1.807, 2.05) is 18.2 Å². The van der Waals surface area contributed by atoms with Crippen molar-refractivity contribution in [1.82, 2.24) is 9.78 Å². The van der Waals surface area contributed by atoms with Crippen LogP contribution in [0.25, 0.3) is 5.69 Å². The second-order valence-corrected chi connectivity index (χ2v) is 3.55. The lowest BCUT2D eigenvalue weighted by atomic mass is 10.2. The van der Waals surface area contributed by atoms with Gasteiger partial charge in [0, 0.05) is 11.6 Å². The van der Waals surface area contributed by atoms with Gasteiger partial charge in [-0.05, 0) is 19.1 Å². The van der Waals surface area contributed by atoms with Crippen molar-refractivity contribution >= 4 is 0 Å². The molecule has 1 N–H and O–H groups in total. The lowest BCUT2D eigenvalue weighted by Crippen LogP contribution is -2.21. The van der Waals surface area contributed by atoms with Crippen LogP contribution in [0.15, 0.2) is 47.4 Å². The van der Waals surface area contributed by atoms with Crippen LogP contribution >= 0.6 is 0 Å². The van der Waals surface area contributed by atoms with E-state index in [0.717, 1.165) is 0 Å². The van der Waals surface area contributed by atoms with Gasteiger partial charge in [0.2, 0.25) is 0 Å². The first kappa shape index (κ1) is 10.6. The maximum absolute atomic E-state index is 11.7. The third kappa shape index (κ3) is 2.01. The molecule has 0 aliphatic rings. The Morgan fingerprint density at radius 2 is 2.00 bits per heavy atom. The van der Waals surface area contributed by atoms with Gasteiger partial charge in [-0.25, -0.2) is 0 Å². The van der Waals surface area contributed by atoms with Gasteiger partial charge in [-0.3, -0.25) is 4.79 Å². The van der Waals surface area contributed by atoms with Crippen molar-refractivity contribution in [3.8, 4) is 5.69 Å². The van der Waals surface area contributed by atoms with Crippen molar-refractivity contribution < 1.29 is 5.11 Å². The van der Waals surface area contributed by atoms with E-state index in [4.69, 9.17) is 0 Å². The molecule has 0 bridgehead atoms. The van der Waals surface area contributed by atoms with Crippen molar-refractivity contribution in [1.29, 1.82) is 0 Å². The molecule has 0 saturated carbocycles. The van der Waals surface area contributed by atoms with Gasteiger partial charge in [-0.15, -0.1) is 0 Å². The minimum Gasteiger partial charge on any atom is -0.389 e. The molecule has 0 radical (unpaired) electrons. The molecule has 1 heterocycles. The van der Waals surface area contributed by atoms with Crippen molar-refractivity contribution in [3.63, 3.8) is 0 Å². The summed E-state index contributed by atoms with van der Waals surface area (Å²) in [5.41, 5.74) is 0.992. The molecule has 1 aromatic heterocycles. The molecule has 0 saturated heterocycles. The van der Waals surface area contributed by atoms with E-state index in [1.165, 1.54) is 16.9 Å². The van der Waals surface area contributed by atoms with Gasteiger partial charge >= 0.3 is 0 Å². The SMILES string of the molecule is CC(O)c1cnn(-c2ccccc2)c(=O)c1. The lowest BCUT2D eigenvalue weighted by Gasteiger charge is -2.06. The second-order valence-electron chi connectivity index (χ2n) is 3.55. The van der Waals surface area contributed by atoms with Gasteiger partial charge in [0.15, 0.2) is 0 Å². The topological polar surface area (TPSA) is 55.1 Å². The molecule has 0 fully saturated rings. The Morgan fingerprint density at radius 3 is 2.56 bits per heavy atom. The number of hydrogen-bond acceptors (Lipinski definition) is 3. The van der Waals surface area contributed by atoms with E-state index in [-0.39, 0.29) is 5.56 Å². The van der Waals surface area contributed by atoms with Gasteiger partial charge < -0.3 is 5.11 Å². The largest absolute Gasteiger partial charge is 0.389 e. The number of rotatable bonds is 2. The molecule has 1 atom stereocenters. The van der Waals surface area contributed by atoms with Crippen LogP contribution in [0.3, 0.4) is 0 Å². The number of aromatic nitrogens is 2. The molecule has 1 aromatic carbocycles. The summed E-state index contributed by atoms with van der Waals surface area (Å²) >= 11 is 0. The fraction of sp³-hybridized carbons (Fsp3) is 0.167. The summed E-state index contributed by atoms with van der Waals surface area (Å²) in [5, 5.41) is 13.3. The zero-order chi connectivity index (χ0) is 11.5. The van der Waals surface area contributed by atoms with Gasteiger partial charge in [0.05, 0.1) is 18.0 Å².